The fourth-order valence-corrected chi connectivity index (χ4v) is 2.55. The maximum absolute atomic E-state index is 12.2. The molecule has 2 rings (SSSR count). The Morgan fingerprint density at radius 2 is 1.65 bits per heavy atom. The molecule has 0 radical (unpaired) electrons. The largest absolute Gasteiger partial charge is 0.492 e. The lowest BCUT2D eigenvalue weighted by atomic mass is 10.0. The molecule has 0 aliphatic heterocycles. The third kappa shape index (κ3) is 7.07. The summed E-state index contributed by atoms with van der Waals surface area (Å²) in [5, 5.41) is 2.83. The number of likely N-dealkylation sites (N-methyl/N-ethyl adjacent to an activating group) is 1. The molecule has 1 amide bonds. The van der Waals surface area contributed by atoms with Crippen LogP contribution < -0.4 is 10.1 Å². The van der Waals surface area contributed by atoms with Crippen LogP contribution in [0.5, 0.6) is 5.75 Å². The number of amides is 1. The molecule has 0 aliphatic carbocycles. The average molecular weight is 354 g/mol. The van der Waals surface area contributed by atoms with E-state index in [0.29, 0.717) is 19.6 Å². The van der Waals surface area contributed by atoms with Crippen molar-refractivity contribution in [2.75, 3.05) is 26.7 Å². The molecule has 0 aromatic heterocycles. The Hall–Kier alpha value is -2.66. The summed E-state index contributed by atoms with van der Waals surface area (Å²) in [4.78, 5) is 26.0. The van der Waals surface area contributed by atoms with E-state index in [1.807, 2.05) is 72.6 Å². The molecular formula is C21H26N2O3. The molecule has 26 heavy (non-hydrogen) atoms. The molecule has 5 heteroatoms. The monoisotopic (exact) mass is 354 g/mol. The summed E-state index contributed by atoms with van der Waals surface area (Å²) in [6.45, 7) is 2.84. The third-order valence-electron chi connectivity index (χ3n) is 4.01. The molecule has 0 bridgehead atoms. The Balaban J connectivity index is 1.75. The molecule has 2 aromatic rings. The molecule has 5 nitrogen and oxygen atoms in total. The standard InChI is InChI=1S/C21H26N2O3/c1-17(24)20(15-18-9-5-3-6-10-18)22-21(25)16-23(2)13-14-26-19-11-7-4-8-12-19/h3-12,20H,13-16H2,1-2H3,(H,22,25)/t20-/m1/s1. The second-order valence-electron chi connectivity index (χ2n) is 6.32. The van der Waals surface area contributed by atoms with E-state index in [4.69, 9.17) is 4.74 Å². The van der Waals surface area contributed by atoms with E-state index in [2.05, 4.69) is 5.32 Å². The zero-order chi connectivity index (χ0) is 18.8. The van der Waals surface area contributed by atoms with E-state index in [0.717, 1.165) is 11.3 Å². The van der Waals surface area contributed by atoms with Crippen LogP contribution in [0.4, 0.5) is 0 Å². The van der Waals surface area contributed by atoms with E-state index in [1.165, 1.54) is 6.92 Å². The van der Waals surface area contributed by atoms with Crippen molar-refractivity contribution in [3.05, 3.63) is 66.2 Å². The van der Waals surface area contributed by atoms with Gasteiger partial charge in [0.15, 0.2) is 5.78 Å². The number of carbonyl (C=O) groups excluding carboxylic acids is 2. The van der Waals surface area contributed by atoms with Gasteiger partial charge in [-0.2, -0.15) is 0 Å². The Morgan fingerprint density at radius 3 is 2.27 bits per heavy atom. The van der Waals surface area contributed by atoms with Crippen LogP contribution in [0.15, 0.2) is 60.7 Å². The minimum Gasteiger partial charge on any atom is -0.492 e. The minimum absolute atomic E-state index is 0.0442. The topological polar surface area (TPSA) is 58.6 Å². The lowest BCUT2D eigenvalue weighted by molar-refractivity contribution is -0.127. The van der Waals surface area contributed by atoms with Crippen molar-refractivity contribution in [2.24, 2.45) is 0 Å². The van der Waals surface area contributed by atoms with E-state index in [-0.39, 0.29) is 18.2 Å². The van der Waals surface area contributed by atoms with Crippen LogP contribution >= 0.6 is 0 Å². The first kappa shape index (κ1) is 19.7. The number of nitrogens with one attached hydrogen (secondary N) is 1. The lowest BCUT2D eigenvalue weighted by Crippen LogP contribution is -2.45. The van der Waals surface area contributed by atoms with Crippen molar-refractivity contribution < 1.29 is 14.3 Å². The van der Waals surface area contributed by atoms with Gasteiger partial charge in [0.05, 0.1) is 12.6 Å². The fourth-order valence-electron chi connectivity index (χ4n) is 2.55. The molecule has 0 heterocycles. The summed E-state index contributed by atoms with van der Waals surface area (Å²) in [5.74, 6) is 0.602. The number of hydrogen-bond acceptors (Lipinski definition) is 4. The van der Waals surface area contributed by atoms with Crippen molar-refractivity contribution in [3.63, 3.8) is 0 Å². The van der Waals surface area contributed by atoms with Crippen LogP contribution in [-0.2, 0) is 16.0 Å². The molecule has 1 N–H and O–H groups in total. The van der Waals surface area contributed by atoms with Gasteiger partial charge < -0.3 is 10.1 Å². The number of hydrogen-bond donors (Lipinski definition) is 1. The van der Waals surface area contributed by atoms with Gasteiger partial charge in [0.25, 0.3) is 0 Å². The first-order valence-electron chi connectivity index (χ1n) is 8.74. The van der Waals surface area contributed by atoms with Gasteiger partial charge in [-0.05, 0) is 38.1 Å². The second-order valence-corrected chi connectivity index (χ2v) is 6.32. The Morgan fingerprint density at radius 1 is 1.04 bits per heavy atom. The van der Waals surface area contributed by atoms with Crippen molar-refractivity contribution in [3.8, 4) is 5.75 Å². The minimum atomic E-state index is -0.501. The summed E-state index contributed by atoms with van der Waals surface area (Å²) >= 11 is 0. The van der Waals surface area contributed by atoms with Gasteiger partial charge in [0.2, 0.25) is 5.91 Å². The number of para-hydroxylation sites is 1. The molecule has 0 aliphatic rings. The number of ketones is 1. The highest BCUT2D eigenvalue weighted by atomic mass is 16.5. The van der Waals surface area contributed by atoms with Crippen LogP contribution in [-0.4, -0.2) is 49.4 Å². The quantitative estimate of drug-likeness (QED) is 0.711. The molecule has 1 atom stereocenters. The smallest absolute Gasteiger partial charge is 0.234 e. The first-order valence-corrected chi connectivity index (χ1v) is 8.74. The SMILES string of the molecule is CC(=O)[C@@H](Cc1ccccc1)NC(=O)CN(C)CCOc1ccccc1. The zero-order valence-electron chi connectivity index (χ0n) is 15.4. The van der Waals surface area contributed by atoms with Gasteiger partial charge in [0.1, 0.15) is 12.4 Å². The van der Waals surface area contributed by atoms with Crippen molar-refractivity contribution in [1.82, 2.24) is 10.2 Å². The van der Waals surface area contributed by atoms with Gasteiger partial charge in [-0.15, -0.1) is 0 Å². The van der Waals surface area contributed by atoms with Crippen LogP contribution in [0, 0.1) is 0 Å². The molecule has 138 valence electrons. The highest BCUT2D eigenvalue weighted by Gasteiger charge is 2.18. The highest BCUT2D eigenvalue weighted by Crippen LogP contribution is 2.08. The van der Waals surface area contributed by atoms with Crippen molar-refractivity contribution in [1.29, 1.82) is 0 Å². The molecule has 0 saturated carbocycles. The van der Waals surface area contributed by atoms with Gasteiger partial charge in [0, 0.05) is 6.54 Å². The average Bonchev–Trinajstić information content (AvgIpc) is 2.62. The van der Waals surface area contributed by atoms with Gasteiger partial charge >= 0.3 is 0 Å². The van der Waals surface area contributed by atoms with Crippen molar-refractivity contribution >= 4 is 11.7 Å². The van der Waals surface area contributed by atoms with Crippen LogP contribution in [0.1, 0.15) is 12.5 Å². The lowest BCUT2D eigenvalue weighted by Gasteiger charge is -2.20. The van der Waals surface area contributed by atoms with Crippen LogP contribution in [0.2, 0.25) is 0 Å². The van der Waals surface area contributed by atoms with Gasteiger partial charge in [-0.25, -0.2) is 0 Å². The Kier molecular flexibility index (Phi) is 7.83. The predicted octanol–water partition coefficient (Wildman–Crippen LogP) is 2.31. The summed E-state index contributed by atoms with van der Waals surface area (Å²) in [6, 6.07) is 18.7. The van der Waals surface area contributed by atoms with E-state index < -0.39 is 6.04 Å². The maximum atomic E-state index is 12.2. The molecule has 0 unspecified atom stereocenters. The van der Waals surface area contributed by atoms with Crippen LogP contribution in [0.25, 0.3) is 0 Å². The summed E-state index contributed by atoms with van der Waals surface area (Å²) in [6.07, 6.45) is 0.503. The van der Waals surface area contributed by atoms with E-state index in [1.54, 1.807) is 0 Å². The number of nitrogens with zero attached hydrogens (tertiary/aromatic N) is 1. The number of ether oxygens (including phenoxy) is 1. The van der Waals surface area contributed by atoms with Gasteiger partial charge in [-0.1, -0.05) is 48.5 Å². The van der Waals surface area contributed by atoms with E-state index in [9.17, 15) is 9.59 Å². The Bertz CT molecular complexity index is 689. The van der Waals surface area contributed by atoms with Crippen LogP contribution in [0.3, 0.4) is 0 Å². The summed E-state index contributed by atoms with van der Waals surface area (Å²) in [7, 11) is 1.86. The molecule has 0 fully saturated rings. The normalized spacial score (nSPS) is 11.8. The number of rotatable bonds is 10. The second kappa shape index (κ2) is 10.4. The number of Topliss-reactive ketones (excluding diaryl/α,β-unsaturated/α-hetero) is 1. The molecule has 0 saturated heterocycles. The van der Waals surface area contributed by atoms with Crippen molar-refractivity contribution in [2.45, 2.75) is 19.4 Å². The highest BCUT2D eigenvalue weighted by molar-refractivity contribution is 5.88. The Labute approximate surface area is 155 Å². The maximum Gasteiger partial charge on any atom is 0.234 e. The first-order chi connectivity index (χ1) is 12.5. The third-order valence-corrected chi connectivity index (χ3v) is 4.01. The molecular weight excluding hydrogens is 328 g/mol. The number of carbonyl (C=O) groups is 2. The number of benzene rings is 2. The molecule has 0 spiro atoms. The summed E-state index contributed by atoms with van der Waals surface area (Å²) < 4.78 is 5.63. The molecule has 2 aromatic carbocycles. The summed E-state index contributed by atoms with van der Waals surface area (Å²) in [5.41, 5.74) is 1.03. The van der Waals surface area contributed by atoms with Gasteiger partial charge in [-0.3, -0.25) is 14.5 Å². The fraction of sp³-hybridized carbons (Fsp3) is 0.333. The predicted molar refractivity (Wildman–Crippen MR) is 102 cm³/mol. The van der Waals surface area contributed by atoms with E-state index >= 15 is 0 Å². The zero-order valence-corrected chi connectivity index (χ0v) is 15.4.